The van der Waals surface area contributed by atoms with Gasteiger partial charge in [-0.15, -0.1) is 11.3 Å². The molecule has 4 aromatic rings. The van der Waals surface area contributed by atoms with Crippen LogP contribution in [0.5, 0.6) is 0 Å². The van der Waals surface area contributed by atoms with E-state index in [0.29, 0.717) is 10.2 Å². The molecule has 1 amide bonds. The molecule has 0 bridgehead atoms. The third-order valence-corrected chi connectivity index (χ3v) is 5.78. The second-order valence-electron chi connectivity index (χ2n) is 6.58. The topological polar surface area (TPSA) is 73.2 Å². The number of hydrogen-bond donors (Lipinski definition) is 1. The molecule has 0 aliphatic rings. The van der Waals surface area contributed by atoms with Gasteiger partial charge in [-0.05, 0) is 23.6 Å². The number of carbonyl (C=O) groups excluding carboxylic acids is 1. The zero-order valence-corrected chi connectivity index (χ0v) is 16.6. The van der Waals surface area contributed by atoms with E-state index in [0.717, 1.165) is 21.6 Å². The Morgan fingerprint density at radius 3 is 2.52 bits per heavy atom. The zero-order chi connectivity index (χ0) is 20.2. The number of thiophene rings is 1. The van der Waals surface area contributed by atoms with E-state index in [1.165, 1.54) is 22.2 Å². The molecule has 0 saturated carbocycles. The summed E-state index contributed by atoms with van der Waals surface area (Å²) in [6.07, 6.45) is 1.41. The zero-order valence-electron chi connectivity index (χ0n) is 15.8. The highest BCUT2D eigenvalue weighted by atomic mass is 32.1. The van der Waals surface area contributed by atoms with Crippen LogP contribution >= 0.6 is 11.3 Å². The summed E-state index contributed by atoms with van der Waals surface area (Å²) in [7, 11) is 0. The lowest BCUT2D eigenvalue weighted by Gasteiger charge is -2.08. The van der Waals surface area contributed by atoms with Crippen molar-refractivity contribution < 1.29 is 9.63 Å². The predicted molar refractivity (Wildman–Crippen MR) is 113 cm³/mol. The molecule has 0 fully saturated rings. The van der Waals surface area contributed by atoms with Gasteiger partial charge in [-0.25, -0.2) is 10.5 Å². The van der Waals surface area contributed by atoms with Gasteiger partial charge in [0.05, 0.1) is 18.3 Å². The monoisotopic (exact) mass is 405 g/mol. The van der Waals surface area contributed by atoms with Crippen LogP contribution in [0.15, 0.2) is 71.8 Å². The summed E-state index contributed by atoms with van der Waals surface area (Å²) in [5.41, 5.74) is 5.01. The van der Waals surface area contributed by atoms with E-state index in [9.17, 15) is 9.59 Å². The Morgan fingerprint density at radius 2 is 1.79 bits per heavy atom. The molecule has 0 unspecified atom stereocenters. The fraction of sp³-hybridized carbons (Fsp3) is 0.136. The van der Waals surface area contributed by atoms with E-state index < -0.39 is 5.91 Å². The summed E-state index contributed by atoms with van der Waals surface area (Å²) in [5, 5.41) is 0.550. The maximum atomic E-state index is 12.9. The smallest absolute Gasteiger partial charge is 0.263 e. The van der Waals surface area contributed by atoms with E-state index >= 15 is 0 Å². The average molecular weight is 405 g/mol. The van der Waals surface area contributed by atoms with Crippen molar-refractivity contribution in [1.82, 2.24) is 15.0 Å². The number of nitrogens with one attached hydrogen (secondary N) is 1. The van der Waals surface area contributed by atoms with Crippen LogP contribution in [0, 0.1) is 6.92 Å². The first-order chi connectivity index (χ1) is 14.1. The molecule has 0 aliphatic carbocycles. The number of amides is 1. The molecule has 7 heteroatoms. The first kappa shape index (κ1) is 19.0. The number of hydroxylamine groups is 1. The Balaban J connectivity index is 1.51. The van der Waals surface area contributed by atoms with Crippen LogP contribution in [0.25, 0.3) is 20.7 Å². The van der Waals surface area contributed by atoms with Crippen molar-refractivity contribution in [3.63, 3.8) is 0 Å². The minimum Gasteiger partial charge on any atom is -0.289 e. The molecule has 0 spiro atoms. The Labute approximate surface area is 171 Å². The van der Waals surface area contributed by atoms with Gasteiger partial charge in [0.2, 0.25) is 0 Å². The van der Waals surface area contributed by atoms with Gasteiger partial charge in [-0.3, -0.25) is 19.0 Å². The van der Waals surface area contributed by atoms with E-state index in [-0.39, 0.29) is 18.7 Å². The fourth-order valence-corrected chi connectivity index (χ4v) is 4.24. The average Bonchev–Trinajstić information content (AvgIpc) is 3.09. The standard InChI is InChI=1S/C22H19N3O3S/c1-15-19-21(29-20(15)17-10-6-3-7-11-17)23-14-25(22(19)27)12-18(26)24-28-13-16-8-4-2-5-9-16/h2-11,14H,12-13H2,1H3,(H,24,26). The molecular formula is C22H19N3O3S. The second-order valence-corrected chi connectivity index (χ2v) is 7.58. The Bertz CT molecular complexity index is 1200. The third-order valence-electron chi connectivity index (χ3n) is 4.53. The van der Waals surface area contributed by atoms with E-state index in [1.54, 1.807) is 0 Å². The molecule has 29 heavy (non-hydrogen) atoms. The summed E-state index contributed by atoms with van der Waals surface area (Å²) >= 11 is 1.48. The number of aromatic nitrogens is 2. The highest BCUT2D eigenvalue weighted by Crippen LogP contribution is 2.35. The van der Waals surface area contributed by atoms with Gasteiger partial charge in [0.25, 0.3) is 11.5 Å². The molecule has 0 atom stereocenters. The van der Waals surface area contributed by atoms with Crippen molar-refractivity contribution in [3.05, 3.63) is 88.5 Å². The van der Waals surface area contributed by atoms with Crippen LogP contribution < -0.4 is 11.0 Å². The van der Waals surface area contributed by atoms with Gasteiger partial charge >= 0.3 is 0 Å². The van der Waals surface area contributed by atoms with Crippen LogP contribution in [0.1, 0.15) is 11.1 Å². The van der Waals surface area contributed by atoms with Gasteiger partial charge in [0.1, 0.15) is 11.4 Å². The normalized spacial score (nSPS) is 10.9. The Hall–Kier alpha value is -3.29. The quantitative estimate of drug-likeness (QED) is 0.497. The van der Waals surface area contributed by atoms with E-state index in [1.807, 2.05) is 67.6 Å². The maximum absolute atomic E-state index is 12.9. The van der Waals surface area contributed by atoms with Gasteiger partial charge in [0, 0.05) is 4.88 Å². The summed E-state index contributed by atoms with van der Waals surface area (Å²) in [4.78, 5) is 36.4. The van der Waals surface area contributed by atoms with Crippen molar-refractivity contribution >= 4 is 27.5 Å². The first-order valence-corrected chi connectivity index (χ1v) is 9.93. The molecule has 0 aliphatic heterocycles. The molecule has 2 aromatic heterocycles. The molecule has 146 valence electrons. The molecular weight excluding hydrogens is 386 g/mol. The van der Waals surface area contributed by atoms with Gasteiger partial charge < -0.3 is 0 Å². The van der Waals surface area contributed by atoms with Gasteiger partial charge in [-0.1, -0.05) is 60.7 Å². The summed E-state index contributed by atoms with van der Waals surface area (Å²) in [6, 6.07) is 19.4. The van der Waals surface area contributed by atoms with Crippen LogP contribution in [0.4, 0.5) is 0 Å². The predicted octanol–water partition coefficient (Wildman–Crippen LogP) is 3.68. The third kappa shape index (κ3) is 4.11. The second kappa shape index (κ2) is 8.38. The number of fused-ring (bicyclic) bond motifs is 1. The molecule has 1 N–H and O–H groups in total. The van der Waals surface area contributed by atoms with Crippen LogP contribution in [0.3, 0.4) is 0 Å². The van der Waals surface area contributed by atoms with Crippen molar-refractivity contribution in [2.24, 2.45) is 0 Å². The number of hydrogen-bond acceptors (Lipinski definition) is 5. The van der Waals surface area contributed by atoms with Crippen molar-refractivity contribution in [2.45, 2.75) is 20.1 Å². The van der Waals surface area contributed by atoms with Crippen LogP contribution in [0.2, 0.25) is 0 Å². The van der Waals surface area contributed by atoms with Gasteiger partial charge in [0.15, 0.2) is 0 Å². The molecule has 2 aromatic carbocycles. The van der Waals surface area contributed by atoms with E-state index in [2.05, 4.69) is 10.5 Å². The fourth-order valence-electron chi connectivity index (χ4n) is 3.10. The Kier molecular flexibility index (Phi) is 5.50. The highest BCUT2D eigenvalue weighted by molar-refractivity contribution is 7.22. The lowest BCUT2D eigenvalue weighted by molar-refractivity contribution is -0.135. The lowest BCUT2D eigenvalue weighted by Crippen LogP contribution is -2.32. The Morgan fingerprint density at radius 1 is 1.10 bits per heavy atom. The number of aryl methyl sites for hydroxylation is 1. The number of nitrogens with zero attached hydrogens (tertiary/aromatic N) is 2. The van der Waals surface area contributed by atoms with Crippen LogP contribution in [-0.4, -0.2) is 15.5 Å². The molecule has 0 saturated heterocycles. The number of rotatable bonds is 6. The number of carbonyl (C=O) groups is 1. The molecule has 4 rings (SSSR count). The molecule has 2 heterocycles. The maximum Gasteiger partial charge on any atom is 0.263 e. The van der Waals surface area contributed by atoms with Crippen molar-refractivity contribution in [2.75, 3.05) is 0 Å². The van der Waals surface area contributed by atoms with Crippen LogP contribution in [-0.2, 0) is 22.8 Å². The summed E-state index contributed by atoms with van der Waals surface area (Å²) in [5.74, 6) is -0.416. The van der Waals surface area contributed by atoms with Crippen molar-refractivity contribution in [3.8, 4) is 10.4 Å². The largest absolute Gasteiger partial charge is 0.289 e. The first-order valence-electron chi connectivity index (χ1n) is 9.12. The lowest BCUT2D eigenvalue weighted by atomic mass is 10.1. The summed E-state index contributed by atoms with van der Waals surface area (Å²) < 4.78 is 1.30. The van der Waals surface area contributed by atoms with Gasteiger partial charge in [-0.2, -0.15) is 0 Å². The SMILES string of the molecule is Cc1c(-c2ccccc2)sc2ncn(CC(=O)NOCc3ccccc3)c(=O)c12. The molecule has 0 radical (unpaired) electrons. The minimum absolute atomic E-state index is 0.160. The summed E-state index contributed by atoms with van der Waals surface area (Å²) in [6.45, 7) is 2.01. The van der Waals surface area contributed by atoms with E-state index in [4.69, 9.17) is 4.84 Å². The minimum atomic E-state index is -0.416. The molecule has 6 nitrogen and oxygen atoms in total. The highest BCUT2D eigenvalue weighted by Gasteiger charge is 2.16. The number of benzene rings is 2. The van der Waals surface area contributed by atoms with Crippen molar-refractivity contribution in [1.29, 1.82) is 0 Å².